The molecule has 2 aliphatic rings. The Morgan fingerprint density at radius 2 is 1.57 bits per heavy atom. The predicted octanol–water partition coefficient (Wildman–Crippen LogP) is 3.72. The topological polar surface area (TPSA) is 67.9 Å². The molecule has 180 valence electrons. The Labute approximate surface area is 206 Å². The third-order valence-electron chi connectivity index (χ3n) is 6.74. The van der Waals surface area contributed by atoms with Crippen molar-refractivity contribution in [3.63, 3.8) is 0 Å². The summed E-state index contributed by atoms with van der Waals surface area (Å²) in [7, 11) is 0. The lowest BCUT2D eigenvalue weighted by Crippen LogP contribution is -2.52. The Morgan fingerprint density at radius 1 is 0.886 bits per heavy atom. The van der Waals surface area contributed by atoms with E-state index in [0.717, 1.165) is 56.2 Å². The van der Waals surface area contributed by atoms with Crippen molar-refractivity contribution in [3.05, 3.63) is 90.0 Å². The van der Waals surface area contributed by atoms with Crippen LogP contribution in [0.3, 0.4) is 0 Å². The lowest BCUT2D eigenvalue weighted by Gasteiger charge is -2.41. The molecule has 0 aromatic heterocycles. The van der Waals surface area contributed by atoms with Gasteiger partial charge in [0.05, 0.1) is 11.3 Å². The van der Waals surface area contributed by atoms with E-state index in [9.17, 15) is 9.59 Å². The maximum atomic E-state index is 12.9. The SMILES string of the molecule is CC(=O)Nc1ccc(C2NC(=O)c3ccccc3N2CCN2CCN(c3ccccc3)CC2)cc1. The first-order valence-electron chi connectivity index (χ1n) is 12.1. The molecule has 0 bridgehead atoms. The Balaban J connectivity index is 1.30. The number of nitrogens with zero attached hydrogens (tertiary/aromatic N) is 3. The first-order valence-corrected chi connectivity index (χ1v) is 12.1. The number of anilines is 3. The second-order valence-corrected chi connectivity index (χ2v) is 9.05. The summed E-state index contributed by atoms with van der Waals surface area (Å²) in [6.45, 7) is 7.22. The number of hydrogen-bond acceptors (Lipinski definition) is 5. The minimum Gasteiger partial charge on any atom is -0.369 e. The largest absolute Gasteiger partial charge is 0.369 e. The fraction of sp³-hybridized carbons (Fsp3) is 0.286. The molecule has 7 heteroatoms. The van der Waals surface area contributed by atoms with Gasteiger partial charge in [-0.1, -0.05) is 42.5 Å². The van der Waals surface area contributed by atoms with Crippen LogP contribution in [-0.4, -0.2) is 56.0 Å². The van der Waals surface area contributed by atoms with Crippen molar-refractivity contribution in [2.24, 2.45) is 0 Å². The van der Waals surface area contributed by atoms with Crippen molar-refractivity contribution >= 4 is 28.9 Å². The van der Waals surface area contributed by atoms with Crippen molar-refractivity contribution < 1.29 is 9.59 Å². The molecule has 2 aliphatic heterocycles. The molecule has 2 amide bonds. The average molecular weight is 470 g/mol. The summed E-state index contributed by atoms with van der Waals surface area (Å²) in [5.41, 5.74) is 4.66. The smallest absolute Gasteiger partial charge is 0.255 e. The number of rotatable bonds is 6. The van der Waals surface area contributed by atoms with Gasteiger partial charge < -0.3 is 20.4 Å². The number of carbonyl (C=O) groups is 2. The van der Waals surface area contributed by atoms with Crippen LogP contribution in [-0.2, 0) is 4.79 Å². The number of fused-ring (bicyclic) bond motifs is 1. The number of carbonyl (C=O) groups excluding carboxylic acids is 2. The molecule has 0 saturated carbocycles. The third kappa shape index (κ3) is 5.15. The molecule has 5 rings (SSSR count). The van der Waals surface area contributed by atoms with Crippen molar-refractivity contribution in [1.29, 1.82) is 0 Å². The zero-order valence-corrected chi connectivity index (χ0v) is 20.0. The highest BCUT2D eigenvalue weighted by Crippen LogP contribution is 2.33. The van der Waals surface area contributed by atoms with Gasteiger partial charge >= 0.3 is 0 Å². The summed E-state index contributed by atoms with van der Waals surface area (Å²) < 4.78 is 0. The zero-order chi connectivity index (χ0) is 24.2. The number of hydrogen-bond donors (Lipinski definition) is 2. The average Bonchev–Trinajstić information content (AvgIpc) is 2.89. The van der Waals surface area contributed by atoms with E-state index >= 15 is 0 Å². The van der Waals surface area contributed by atoms with Gasteiger partial charge in [-0.15, -0.1) is 0 Å². The van der Waals surface area contributed by atoms with Crippen LogP contribution in [0.25, 0.3) is 0 Å². The maximum Gasteiger partial charge on any atom is 0.255 e. The van der Waals surface area contributed by atoms with E-state index in [-0.39, 0.29) is 18.0 Å². The zero-order valence-electron chi connectivity index (χ0n) is 20.0. The lowest BCUT2D eigenvalue weighted by molar-refractivity contribution is -0.114. The maximum absolute atomic E-state index is 12.9. The van der Waals surface area contributed by atoms with E-state index in [2.05, 4.69) is 55.7 Å². The van der Waals surface area contributed by atoms with Crippen molar-refractivity contribution in [2.45, 2.75) is 13.1 Å². The number of piperazine rings is 1. The molecule has 3 aromatic rings. The Morgan fingerprint density at radius 3 is 2.29 bits per heavy atom. The first-order chi connectivity index (χ1) is 17.1. The van der Waals surface area contributed by atoms with Gasteiger partial charge in [0.15, 0.2) is 0 Å². The van der Waals surface area contributed by atoms with Crippen LogP contribution in [0.2, 0.25) is 0 Å². The van der Waals surface area contributed by atoms with Crippen LogP contribution in [0.5, 0.6) is 0 Å². The van der Waals surface area contributed by atoms with Crippen LogP contribution in [0.4, 0.5) is 17.1 Å². The molecule has 1 unspecified atom stereocenters. The first kappa shape index (κ1) is 22.9. The standard InChI is InChI=1S/C28H31N5O2/c1-21(34)29-23-13-11-22(12-14-23)27-30-28(35)25-9-5-6-10-26(25)33(27)20-17-31-15-18-32(19-16-31)24-7-3-2-4-8-24/h2-14,27H,15-20H2,1H3,(H,29,34)(H,30,35). The van der Waals surface area contributed by atoms with Gasteiger partial charge in [-0.3, -0.25) is 14.5 Å². The summed E-state index contributed by atoms with van der Waals surface area (Å²) >= 11 is 0. The predicted molar refractivity (Wildman–Crippen MR) is 140 cm³/mol. The van der Waals surface area contributed by atoms with Crippen LogP contribution < -0.4 is 20.4 Å². The van der Waals surface area contributed by atoms with Gasteiger partial charge in [0.25, 0.3) is 5.91 Å². The molecule has 35 heavy (non-hydrogen) atoms. The molecule has 0 aliphatic carbocycles. The second kappa shape index (κ2) is 10.2. The van der Waals surface area contributed by atoms with E-state index in [1.807, 2.05) is 48.5 Å². The Kier molecular flexibility index (Phi) is 6.68. The van der Waals surface area contributed by atoms with Crippen molar-refractivity contribution in [3.8, 4) is 0 Å². The monoisotopic (exact) mass is 469 g/mol. The van der Waals surface area contributed by atoms with E-state index in [0.29, 0.717) is 5.56 Å². The van der Waals surface area contributed by atoms with E-state index < -0.39 is 0 Å². The summed E-state index contributed by atoms with van der Waals surface area (Å²) in [5.74, 6) is -0.170. The molecular weight excluding hydrogens is 438 g/mol. The molecule has 2 heterocycles. The number of para-hydroxylation sites is 2. The van der Waals surface area contributed by atoms with Gasteiger partial charge in [0, 0.05) is 57.6 Å². The quantitative estimate of drug-likeness (QED) is 0.576. The van der Waals surface area contributed by atoms with Gasteiger partial charge in [-0.05, 0) is 42.0 Å². The second-order valence-electron chi connectivity index (χ2n) is 9.05. The van der Waals surface area contributed by atoms with Gasteiger partial charge in [0.2, 0.25) is 5.91 Å². The molecule has 2 N–H and O–H groups in total. The third-order valence-corrected chi connectivity index (χ3v) is 6.74. The summed E-state index contributed by atoms with van der Waals surface area (Å²) in [6.07, 6.45) is -0.269. The molecule has 1 saturated heterocycles. The number of nitrogens with one attached hydrogen (secondary N) is 2. The highest BCUT2D eigenvalue weighted by molar-refractivity contribution is 6.02. The lowest BCUT2D eigenvalue weighted by atomic mass is 10.0. The van der Waals surface area contributed by atoms with Crippen molar-refractivity contribution in [2.75, 3.05) is 54.4 Å². The fourth-order valence-electron chi connectivity index (χ4n) is 4.92. The minimum absolute atomic E-state index is 0.0655. The van der Waals surface area contributed by atoms with Crippen LogP contribution >= 0.6 is 0 Å². The minimum atomic E-state index is -0.269. The molecule has 3 aromatic carbocycles. The molecule has 0 radical (unpaired) electrons. The Hall–Kier alpha value is -3.84. The van der Waals surface area contributed by atoms with Crippen LogP contribution in [0, 0.1) is 0 Å². The van der Waals surface area contributed by atoms with Gasteiger partial charge in [0.1, 0.15) is 6.17 Å². The van der Waals surface area contributed by atoms with Crippen LogP contribution in [0.15, 0.2) is 78.9 Å². The number of amides is 2. The number of benzene rings is 3. The molecular formula is C28H31N5O2. The summed E-state index contributed by atoms with van der Waals surface area (Å²) in [4.78, 5) is 31.5. The Bertz CT molecular complexity index is 1170. The molecule has 0 spiro atoms. The molecule has 1 fully saturated rings. The molecule has 7 nitrogen and oxygen atoms in total. The van der Waals surface area contributed by atoms with Crippen LogP contribution in [0.1, 0.15) is 29.0 Å². The van der Waals surface area contributed by atoms with E-state index in [4.69, 9.17) is 0 Å². The molecule has 1 atom stereocenters. The van der Waals surface area contributed by atoms with Gasteiger partial charge in [-0.25, -0.2) is 0 Å². The van der Waals surface area contributed by atoms with Crippen molar-refractivity contribution in [1.82, 2.24) is 10.2 Å². The highest BCUT2D eigenvalue weighted by atomic mass is 16.2. The fourth-order valence-corrected chi connectivity index (χ4v) is 4.92. The normalized spacial score (nSPS) is 18.1. The van der Waals surface area contributed by atoms with Gasteiger partial charge in [-0.2, -0.15) is 0 Å². The van der Waals surface area contributed by atoms with E-state index in [1.54, 1.807) is 0 Å². The highest BCUT2D eigenvalue weighted by Gasteiger charge is 2.32. The summed E-state index contributed by atoms with van der Waals surface area (Å²) in [5, 5.41) is 5.99. The van der Waals surface area contributed by atoms with E-state index in [1.165, 1.54) is 12.6 Å². The summed E-state index contributed by atoms with van der Waals surface area (Å²) in [6, 6.07) is 26.1.